The van der Waals surface area contributed by atoms with Gasteiger partial charge in [-0.2, -0.15) is 0 Å². The minimum absolute atomic E-state index is 0.204. The number of rotatable bonds is 10. The van der Waals surface area contributed by atoms with Gasteiger partial charge in [-0.1, -0.05) is 42.5 Å². The van der Waals surface area contributed by atoms with E-state index in [9.17, 15) is 4.79 Å². The average molecular weight is 356 g/mol. The second kappa shape index (κ2) is 11.3. The molecule has 0 aliphatic carbocycles. The predicted octanol–water partition coefficient (Wildman–Crippen LogP) is 3.99. The van der Waals surface area contributed by atoms with E-state index in [-0.39, 0.29) is 12.1 Å². The highest BCUT2D eigenvalue weighted by Gasteiger charge is 2.03. The molecule has 0 saturated heterocycles. The molecule has 2 N–H and O–H groups in total. The molecule has 0 aliphatic rings. The van der Waals surface area contributed by atoms with Gasteiger partial charge < -0.3 is 20.1 Å². The first kappa shape index (κ1) is 19.9. The lowest BCUT2D eigenvalue weighted by molar-refractivity contribution is 0.0143. The normalized spacial score (nSPS) is 10.7. The van der Waals surface area contributed by atoms with E-state index in [1.54, 1.807) is 0 Å². The summed E-state index contributed by atoms with van der Waals surface area (Å²) in [6.45, 7) is 6.22. The Morgan fingerprint density at radius 3 is 2.54 bits per heavy atom. The van der Waals surface area contributed by atoms with E-state index in [0.717, 1.165) is 17.7 Å². The molecule has 0 unspecified atom stereocenters. The van der Waals surface area contributed by atoms with Gasteiger partial charge in [0.2, 0.25) is 0 Å². The van der Waals surface area contributed by atoms with Gasteiger partial charge >= 0.3 is 6.03 Å². The van der Waals surface area contributed by atoms with Gasteiger partial charge in [0.15, 0.2) is 0 Å². The largest absolute Gasteiger partial charge is 0.376 e. The molecule has 0 atom stereocenters. The van der Waals surface area contributed by atoms with Gasteiger partial charge in [-0.15, -0.1) is 0 Å². The summed E-state index contributed by atoms with van der Waals surface area (Å²) in [4.78, 5) is 12.0. The smallest absolute Gasteiger partial charge is 0.319 e. The van der Waals surface area contributed by atoms with Gasteiger partial charge in [-0.25, -0.2) is 4.79 Å². The number of hydrogen-bond acceptors (Lipinski definition) is 3. The third-order valence-electron chi connectivity index (χ3n) is 3.67. The summed E-state index contributed by atoms with van der Waals surface area (Å²) >= 11 is 0. The Kier molecular flexibility index (Phi) is 8.66. The van der Waals surface area contributed by atoms with Crippen LogP contribution in [0.1, 0.15) is 25.0 Å². The van der Waals surface area contributed by atoms with Crippen LogP contribution < -0.4 is 10.6 Å². The lowest BCUT2D eigenvalue weighted by Crippen LogP contribution is -2.30. The SMILES string of the molecule is CC(C)OCCOCc1cccc(NC(=O)NCCc2ccccc2)c1. The quantitative estimate of drug-likeness (QED) is 0.633. The highest BCUT2D eigenvalue weighted by atomic mass is 16.5. The van der Waals surface area contributed by atoms with E-state index in [4.69, 9.17) is 9.47 Å². The van der Waals surface area contributed by atoms with Crippen LogP contribution in [0.25, 0.3) is 0 Å². The van der Waals surface area contributed by atoms with E-state index >= 15 is 0 Å². The van der Waals surface area contributed by atoms with E-state index in [0.29, 0.717) is 26.4 Å². The molecule has 5 heteroatoms. The zero-order valence-electron chi connectivity index (χ0n) is 15.5. The molecule has 2 aromatic carbocycles. The van der Waals surface area contributed by atoms with Gasteiger partial charge in [0.05, 0.1) is 25.9 Å². The molecular weight excluding hydrogens is 328 g/mol. The molecule has 2 rings (SSSR count). The maximum atomic E-state index is 12.0. The first-order valence-electron chi connectivity index (χ1n) is 9.00. The number of ether oxygens (including phenoxy) is 2. The molecule has 2 aromatic rings. The number of benzene rings is 2. The van der Waals surface area contributed by atoms with Crippen LogP contribution in [0, 0.1) is 0 Å². The third kappa shape index (κ3) is 8.14. The zero-order valence-corrected chi connectivity index (χ0v) is 15.5. The van der Waals surface area contributed by atoms with Crippen LogP contribution in [0.4, 0.5) is 10.5 Å². The van der Waals surface area contributed by atoms with Gasteiger partial charge in [0.25, 0.3) is 0 Å². The number of amides is 2. The Morgan fingerprint density at radius 1 is 1.00 bits per heavy atom. The standard InChI is InChI=1S/C21H28N2O3/c1-17(2)26-14-13-25-16-19-9-6-10-20(15-19)23-21(24)22-12-11-18-7-4-3-5-8-18/h3-10,15,17H,11-14,16H2,1-2H3,(H2,22,23,24). The second-order valence-electron chi connectivity index (χ2n) is 6.29. The highest BCUT2D eigenvalue weighted by molar-refractivity contribution is 5.89. The monoisotopic (exact) mass is 356 g/mol. The molecule has 0 saturated carbocycles. The number of hydrogen-bond donors (Lipinski definition) is 2. The maximum absolute atomic E-state index is 12.0. The van der Waals surface area contributed by atoms with Crippen molar-refractivity contribution >= 4 is 11.7 Å². The van der Waals surface area contributed by atoms with Crippen molar-refractivity contribution in [3.05, 3.63) is 65.7 Å². The number of nitrogens with one attached hydrogen (secondary N) is 2. The lowest BCUT2D eigenvalue weighted by Gasteiger charge is -2.10. The molecule has 0 bridgehead atoms. The molecule has 0 fully saturated rings. The fraction of sp³-hybridized carbons (Fsp3) is 0.381. The summed E-state index contributed by atoms with van der Waals surface area (Å²) in [5.41, 5.74) is 2.96. The van der Waals surface area contributed by atoms with Crippen molar-refractivity contribution in [3.8, 4) is 0 Å². The van der Waals surface area contributed by atoms with Crippen molar-refractivity contribution in [3.63, 3.8) is 0 Å². The molecule has 0 spiro atoms. The molecule has 0 radical (unpaired) electrons. The third-order valence-corrected chi connectivity index (χ3v) is 3.67. The fourth-order valence-corrected chi connectivity index (χ4v) is 2.41. The zero-order chi connectivity index (χ0) is 18.6. The number of urea groups is 1. The topological polar surface area (TPSA) is 59.6 Å². The van der Waals surface area contributed by atoms with Gasteiger partial charge in [-0.05, 0) is 43.5 Å². The van der Waals surface area contributed by atoms with Crippen molar-refractivity contribution in [2.45, 2.75) is 33.0 Å². The highest BCUT2D eigenvalue weighted by Crippen LogP contribution is 2.11. The number of carbonyl (C=O) groups excluding carboxylic acids is 1. The number of anilines is 1. The number of carbonyl (C=O) groups is 1. The summed E-state index contributed by atoms with van der Waals surface area (Å²) < 4.78 is 11.0. The van der Waals surface area contributed by atoms with Crippen molar-refractivity contribution in [2.75, 3.05) is 25.1 Å². The summed E-state index contributed by atoms with van der Waals surface area (Å²) in [6, 6.07) is 17.5. The van der Waals surface area contributed by atoms with Crippen molar-refractivity contribution < 1.29 is 14.3 Å². The summed E-state index contributed by atoms with van der Waals surface area (Å²) in [7, 11) is 0. The van der Waals surface area contributed by atoms with Crippen LogP contribution in [-0.2, 0) is 22.5 Å². The van der Waals surface area contributed by atoms with Crippen LogP contribution in [0.15, 0.2) is 54.6 Å². The molecule has 26 heavy (non-hydrogen) atoms. The van der Waals surface area contributed by atoms with Crippen LogP contribution in [0.3, 0.4) is 0 Å². The van der Waals surface area contributed by atoms with Crippen molar-refractivity contribution in [1.29, 1.82) is 0 Å². The van der Waals surface area contributed by atoms with Crippen LogP contribution >= 0.6 is 0 Å². The molecule has 140 valence electrons. The van der Waals surface area contributed by atoms with Gasteiger partial charge in [-0.3, -0.25) is 0 Å². The molecule has 0 aliphatic heterocycles. The summed E-state index contributed by atoms with van der Waals surface area (Å²) in [5, 5.41) is 5.73. The average Bonchev–Trinajstić information content (AvgIpc) is 2.62. The maximum Gasteiger partial charge on any atom is 0.319 e. The minimum Gasteiger partial charge on any atom is -0.376 e. The van der Waals surface area contributed by atoms with Crippen LogP contribution in [0.5, 0.6) is 0 Å². The van der Waals surface area contributed by atoms with Gasteiger partial charge in [0, 0.05) is 12.2 Å². The van der Waals surface area contributed by atoms with Crippen molar-refractivity contribution in [2.24, 2.45) is 0 Å². The Bertz CT molecular complexity index is 659. The van der Waals surface area contributed by atoms with E-state index in [1.807, 2.05) is 56.3 Å². The second-order valence-corrected chi connectivity index (χ2v) is 6.29. The van der Waals surface area contributed by atoms with E-state index in [1.165, 1.54) is 5.56 Å². The molecule has 5 nitrogen and oxygen atoms in total. The minimum atomic E-state index is -0.204. The van der Waals surface area contributed by atoms with Crippen LogP contribution in [0.2, 0.25) is 0 Å². The summed E-state index contributed by atoms with van der Waals surface area (Å²) in [6.07, 6.45) is 1.02. The van der Waals surface area contributed by atoms with E-state index in [2.05, 4.69) is 22.8 Å². The molecule has 0 heterocycles. The van der Waals surface area contributed by atoms with Crippen LogP contribution in [-0.4, -0.2) is 31.9 Å². The van der Waals surface area contributed by atoms with E-state index < -0.39 is 0 Å². The first-order valence-corrected chi connectivity index (χ1v) is 9.00. The molecule has 2 amide bonds. The lowest BCUT2D eigenvalue weighted by atomic mass is 10.1. The Morgan fingerprint density at radius 2 is 1.77 bits per heavy atom. The Balaban J connectivity index is 1.69. The predicted molar refractivity (Wildman–Crippen MR) is 104 cm³/mol. The molecular formula is C21H28N2O3. The van der Waals surface area contributed by atoms with Gasteiger partial charge in [0.1, 0.15) is 0 Å². The Hall–Kier alpha value is -2.37. The van der Waals surface area contributed by atoms with Crippen molar-refractivity contribution in [1.82, 2.24) is 5.32 Å². The summed E-state index contributed by atoms with van der Waals surface area (Å²) in [5.74, 6) is 0. The molecule has 0 aromatic heterocycles. The fourth-order valence-electron chi connectivity index (χ4n) is 2.41. The first-order chi connectivity index (χ1) is 12.6. The Labute approximate surface area is 155 Å².